The normalized spacial score (nSPS) is 17.2. The summed E-state index contributed by atoms with van der Waals surface area (Å²) in [4.78, 5) is 18.8. The van der Waals surface area contributed by atoms with E-state index in [2.05, 4.69) is 21.2 Å². The van der Waals surface area contributed by atoms with Gasteiger partial charge in [0.25, 0.3) is 0 Å². The van der Waals surface area contributed by atoms with Crippen molar-refractivity contribution in [3.63, 3.8) is 0 Å². The molecule has 0 spiro atoms. The average Bonchev–Trinajstić information content (AvgIpc) is 3.26. The van der Waals surface area contributed by atoms with Crippen molar-refractivity contribution in [2.75, 3.05) is 11.4 Å². The maximum Gasteiger partial charge on any atom is 0.227 e. The van der Waals surface area contributed by atoms with Crippen LogP contribution in [0.4, 0.5) is 5.69 Å². The molecule has 0 unspecified atom stereocenters. The Morgan fingerprint density at radius 3 is 2.64 bits per heavy atom. The number of carbonyl (C=O) groups is 1. The molecule has 126 valence electrons. The number of hydrogen-bond acceptors (Lipinski definition) is 4. The van der Waals surface area contributed by atoms with Gasteiger partial charge in [-0.25, -0.2) is 4.98 Å². The number of benzene rings is 1. The number of nitrogens with zero attached hydrogens (tertiary/aromatic N) is 5. The van der Waals surface area contributed by atoms with Crippen LogP contribution in [0.2, 0.25) is 0 Å². The molecule has 0 aliphatic carbocycles. The molecule has 25 heavy (non-hydrogen) atoms. The van der Waals surface area contributed by atoms with Gasteiger partial charge in [-0.15, -0.1) is 10.2 Å². The van der Waals surface area contributed by atoms with Crippen LogP contribution in [-0.2, 0) is 11.2 Å². The van der Waals surface area contributed by atoms with Crippen LogP contribution < -0.4 is 4.90 Å². The SMILES string of the molecule is Cc1cc(C[C@H]2CC(=O)N(c3ccccc3)C2)cnc1-n1cnnc1. The Balaban J connectivity index is 1.48. The van der Waals surface area contributed by atoms with Crippen LogP contribution in [-0.4, -0.2) is 32.2 Å². The van der Waals surface area contributed by atoms with Gasteiger partial charge in [-0.05, 0) is 42.5 Å². The number of rotatable bonds is 4. The van der Waals surface area contributed by atoms with E-state index in [1.165, 1.54) is 0 Å². The molecule has 4 rings (SSSR count). The quantitative estimate of drug-likeness (QED) is 0.736. The van der Waals surface area contributed by atoms with Gasteiger partial charge >= 0.3 is 0 Å². The first-order valence-corrected chi connectivity index (χ1v) is 8.36. The highest BCUT2D eigenvalue weighted by molar-refractivity contribution is 5.95. The zero-order chi connectivity index (χ0) is 17.2. The molecule has 0 N–H and O–H groups in total. The number of aromatic nitrogens is 4. The lowest BCUT2D eigenvalue weighted by Gasteiger charge is -2.16. The molecule has 1 aliphatic rings. The van der Waals surface area contributed by atoms with Crippen molar-refractivity contribution in [3.05, 3.63) is 66.4 Å². The summed E-state index contributed by atoms with van der Waals surface area (Å²) in [6, 6.07) is 12.0. The third-order valence-corrected chi connectivity index (χ3v) is 4.57. The lowest BCUT2D eigenvalue weighted by Crippen LogP contribution is -2.24. The average molecular weight is 333 g/mol. The Hall–Kier alpha value is -3.02. The molecular formula is C19H19N5O. The monoisotopic (exact) mass is 333 g/mol. The Morgan fingerprint density at radius 1 is 1.16 bits per heavy atom. The highest BCUT2D eigenvalue weighted by Gasteiger charge is 2.30. The summed E-state index contributed by atoms with van der Waals surface area (Å²) in [6.45, 7) is 2.79. The van der Waals surface area contributed by atoms with E-state index in [-0.39, 0.29) is 5.91 Å². The number of aryl methyl sites for hydroxylation is 1. The summed E-state index contributed by atoms with van der Waals surface area (Å²) in [7, 11) is 0. The van der Waals surface area contributed by atoms with Gasteiger partial charge in [0, 0.05) is 24.8 Å². The van der Waals surface area contributed by atoms with E-state index >= 15 is 0 Å². The molecule has 6 nitrogen and oxygen atoms in total. The van der Waals surface area contributed by atoms with E-state index < -0.39 is 0 Å². The fourth-order valence-electron chi connectivity index (χ4n) is 3.43. The Kier molecular flexibility index (Phi) is 4.01. The molecule has 2 aromatic heterocycles. The summed E-state index contributed by atoms with van der Waals surface area (Å²) in [6.07, 6.45) is 6.61. The van der Waals surface area contributed by atoms with E-state index in [1.807, 2.05) is 48.4 Å². The third-order valence-electron chi connectivity index (χ3n) is 4.57. The number of anilines is 1. The highest BCUT2D eigenvalue weighted by atomic mass is 16.2. The van der Waals surface area contributed by atoms with E-state index in [0.29, 0.717) is 12.3 Å². The van der Waals surface area contributed by atoms with E-state index in [0.717, 1.165) is 35.6 Å². The van der Waals surface area contributed by atoms with Gasteiger partial charge < -0.3 is 4.90 Å². The molecule has 1 atom stereocenters. The molecule has 3 aromatic rings. The van der Waals surface area contributed by atoms with Crippen molar-refractivity contribution in [3.8, 4) is 5.82 Å². The fourth-order valence-corrected chi connectivity index (χ4v) is 3.43. The van der Waals surface area contributed by atoms with Gasteiger partial charge in [-0.1, -0.05) is 24.3 Å². The first-order valence-electron chi connectivity index (χ1n) is 8.36. The van der Waals surface area contributed by atoms with Crippen molar-refractivity contribution in [2.24, 2.45) is 5.92 Å². The molecular weight excluding hydrogens is 314 g/mol. The standard InChI is InChI=1S/C19H19N5O/c1-14-7-15(10-20-19(14)23-12-21-22-13-23)8-16-9-18(25)24(11-16)17-5-3-2-4-6-17/h2-7,10,12-13,16H,8-9,11H2,1H3/t16-/m0/s1. The maximum absolute atomic E-state index is 12.3. The van der Waals surface area contributed by atoms with Crippen LogP contribution in [0.1, 0.15) is 17.5 Å². The fraction of sp³-hybridized carbons (Fsp3) is 0.263. The summed E-state index contributed by atoms with van der Waals surface area (Å²) in [5.41, 5.74) is 3.20. The number of hydrogen-bond donors (Lipinski definition) is 0. The van der Waals surface area contributed by atoms with E-state index in [4.69, 9.17) is 0 Å². The smallest absolute Gasteiger partial charge is 0.227 e. The Bertz CT molecular complexity index is 876. The van der Waals surface area contributed by atoms with Gasteiger partial charge in [0.2, 0.25) is 5.91 Å². The van der Waals surface area contributed by atoms with Crippen molar-refractivity contribution >= 4 is 11.6 Å². The van der Waals surface area contributed by atoms with Gasteiger partial charge in [-0.2, -0.15) is 0 Å². The maximum atomic E-state index is 12.3. The minimum Gasteiger partial charge on any atom is -0.312 e. The van der Waals surface area contributed by atoms with Crippen LogP contribution in [0, 0.1) is 12.8 Å². The van der Waals surface area contributed by atoms with Crippen LogP contribution in [0.5, 0.6) is 0 Å². The largest absolute Gasteiger partial charge is 0.312 e. The Morgan fingerprint density at radius 2 is 1.92 bits per heavy atom. The number of para-hydroxylation sites is 1. The summed E-state index contributed by atoms with van der Waals surface area (Å²) in [5, 5.41) is 7.64. The van der Waals surface area contributed by atoms with Crippen molar-refractivity contribution < 1.29 is 4.79 Å². The van der Waals surface area contributed by atoms with E-state index in [9.17, 15) is 4.79 Å². The lowest BCUT2D eigenvalue weighted by molar-refractivity contribution is -0.117. The molecule has 3 heterocycles. The molecule has 1 saturated heterocycles. The van der Waals surface area contributed by atoms with E-state index in [1.54, 1.807) is 17.2 Å². The van der Waals surface area contributed by atoms with Crippen LogP contribution in [0.25, 0.3) is 5.82 Å². The summed E-state index contributed by atoms with van der Waals surface area (Å²) < 4.78 is 1.80. The van der Waals surface area contributed by atoms with Gasteiger partial charge in [-0.3, -0.25) is 9.36 Å². The predicted molar refractivity (Wildman–Crippen MR) is 94.5 cm³/mol. The molecule has 0 saturated carbocycles. The predicted octanol–water partition coefficient (Wildman–Crippen LogP) is 2.57. The minimum absolute atomic E-state index is 0.196. The Labute approximate surface area is 146 Å². The van der Waals surface area contributed by atoms with Gasteiger partial charge in [0.15, 0.2) is 0 Å². The van der Waals surface area contributed by atoms with Crippen molar-refractivity contribution in [2.45, 2.75) is 19.8 Å². The third kappa shape index (κ3) is 3.15. The second kappa shape index (κ2) is 6.47. The topological polar surface area (TPSA) is 63.9 Å². The number of carbonyl (C=O) groups excluding carboxylic acids is 1. The van der Waals surface area contributed by atoms with Gasteiger partial charge in [0.1, 0.15) is 18.5 Å². The lowest BCUT2D eigenvalue weighted by atomic mass is 9.99. The van der Waals surface area contributed by atoms with Crippen LogP contribution in [0.3, 0.4) is 0 Å². The second-order valence-corrected chi connectivity index (χ2v) is 6.47. The molecule has 0 bridgehead atoms. The zero-order valence-corrected chi connectivity index (χ0v) is 14.0. The minimum atomic E-state index is 0.196. The summed E-state index contributed by atoms with van der Waals surface area (Å²) in [5.74, 6) is 1.35. The molecule has 6 heteroatoms. The first-order chi connectivity index (χ1) is 12.2. The van der Waals surface area contributed by atoms with Crippen LogP contribution >= 0.6 is 0 Å². The summed E-state index contributed by atoms with van der Waals surface area (Å²) >= 11 is 0. The zero-order valence-electron chi connectivity index (χ0n) is 14.0. The van der Waals surface area contributed by atoms with Crippen molar-refractivity contribution in [1.29, 1.82) is 0 Å². The second-order valence-electron chi connectivity index (χ2n) is 6.47. The first kappa shape index (κ1) is 15.5. The highest BCUT2D eigenvalue weighted by Crippen LogP contribution is 2.27. The molecule has 1 fully saturated rings. The molecule has 0 radical (unpaired) electrons. The molecule has 1 aromatic carbocycles. The molecule has 1 amide bonds. The van der Waals surface area contributed by atoms with Crippen LogP contribution in [0.15, 0.2) is 55.2 Å². The van der Waals surface area contributed by atoms with Crippen molar-refractivity contribution in [1.82, 2.24) is 19.7 Å². The van der Waals surface area contributed by atoms with Gasteiger partial charge in [0.05, 0.1) is 0 Å². The molecule has 1 aliphatic heterocycles. The number of amides is 1. The number of pyridine rings is 1.